The fraction of sp³-hybridized carbons (Fsp3) is 0.438. The van der Waals surface area contributed by atoms with E-state index in [0.717, 1.165) is 19.3 Å². The second-order valence-electron chi connectivity index (χ2n) is 4.65. The molecule has 0 bridgehead atoms. The molecule has 0 fully saturated rings. The Morgan fingerprint density at radius 2 is 2.05 bits per heavy atom. The molecule has 1 aromatic carbocycles. The highest BCUT2D eigenvalue weighted by atomic mass is 16.2. The molecule has 0 saturated carbocycles. The van der Waals surface area contributed by atoms with Gasteiger partial charge in [-0.15, -0.1) is 6.42 Å². The van der Waals surface area contributed by atoms with Crippen molar-refractivity contribution in [1.82, 2.24) is 5.32 Å². The van der Waals surface area contributed by atoms with Crippen molar-refractivity contribution in [3.8, 4) is 12.3 Å². The van der Waals surface area contributed by atoms with E-state index in [-0.39, 0.29) is 11.9 Å². The topological polar surface area (TPSA) is 55.1 Å². The van der Waals surface area contributed by atoms with Crippen molar-refractivity contribution in [3.05, 3.63) is 35.9 Å². The van der Waals surface area contributed by atoms with Gasteiger partial charge in [0.2, 0.25) is 5.91 Å². The lowest BCUT2D eigenvalue weighted by Crippen LogP contribution is -2.45. The molecular weight excluding hydrogens is 236 g/mol. The summed E-state index contributed by atoms with van der Waals surface area (Å²) in [6.07, 6.45) is 8.51. The monoisotopic (exact) mass is 258 g/mol. The summed E-state index contributed by atoms with van der Waals surface area (Å²) in [4.78, 5) is 11.9. The van der Waals surface area contributed by atoms with Crippen LogP contribution < -0.4 is 11.1 Å². The first-order valence-electron chi connectivity index (χ1n) is 6.73. The van der Waals surface area contributed by atoms with Gasteiger partial charge in [0.05, 0.1) is 12.1 Å². The van der Waals surface area contributed by atoms with Crippen LogP contribution >= 0.6 is 0 Å². The zero-order chi connectivity index (χ0) is 14.1. The van der Waals surface area contributed by atoms with E-state index in [2.05, 4.69) is 11.2 Å². The second kappa shape index (κ2) is 8.34. The van der Waals surface area contributed by atoms with E-state index in [1.165, 1.54) is 5.56 Å². The Bertz CT molecular complexity index is 422. The standard InChI is InChI=1S/C16H22N2O/c1-3-8-14(4-2)18-16(19)15(17)12-11-13-9-6-5-7-10-13/h2,5-7,9-10,14-15H,3,8,11-12,17H2,1H3,(H,18,19). The van der Waals surface area contributed by atoms with E-state index in [9.17, 15) is 4.79 Å². The summed E-state index contributed by atoms with van der Waals surface area (Å²) in [6, 6.07) is 9.29. The molecule has 19 heavy (non-hydrogen) atoms. The van der Waals surface area contributed by atoms with Crippen molar-refractivity contribution >= 4 is 5.91 Å². The molecule has 102 valence electrons. The maximum Gasteiger partial charge on any atom is 0.237 e. The van der Waals surface area contributed by atoms with Gasteiger partial charge in [0.25, 0.3) is 0 Å². The number of rotatable bonds is 7. The molecule has 1 amide bonds. The SMILES string of the molecule is C#CC(CCC)NC(=O)C(N)CCc1ccccc1. The molecule has 3 heteroatoms. The minimum Gasteiger partial charge on any atom is -0.341 e. The molecule has 0 aliphatic rings. The van der Waals surface area contributed by atoms with Crippen LogP contribution in [0, 0.1) is 12.3 Å². The summed E-state index contributed by atoms with van der Waals surface area (Å²) in [5, 5.41) is 2.80. The summed E-state index contributed by atoms with van der Waals surface area (Å²) >= 11 is 0. The van der Waals surface area contributed by atoms with Gasteiger partial charge in [-0.1, -0.05) is 49.6 Å². The average Bonchev–Trinajstić information content (AvgIpc) is 2.45. The lowest BCUT2D eigenvalue weighted by molar-refractivity contribution is -0.122. The Labute approximate surface area is 115 Å². The molecule has 3 nitrogen and oxygen atoms in total. The quantitative estimate of drug-likeness (QED) is 0.734. The Hall–Kier alpha value is -1.79. The lowest BCUT2D eigenvalue weighted by atomic mass is 10.0. The van der Waals surface area contributed by atoms with Gasteiger partial charge in [0.15, 0.2) is 0 Å². The third kappa shape index (κ3) is 5.58. The molecule has 3 N–H and O–H groups in total. The summed E-state index contributed by atoms with van der Waals surface area (Å²) in [7, 11) is 0. The van der Waals surface area contributed by atoms with E-state index in [1.54, 1.807) is 0 Å². The number of benzene rings is 1. The minimum atomic E-state index is -0.507. The predicted octanol–water partition coefficient (Wildman–Crippen LogP) is 1.86. The van der Waals surface area contributed by atoms with Crippen molar-refractivity contribution < 1.29 is 4.79 Å². The number of hydrogen-bond acceptors (Lipinski definition) is 2. The highest BCUT2D eigenvalue weighted by molar-refractivity contribution is 5.82. The Balaban J connectivity index is 2.38. The Morgan fingerprint density at radius 3 is 2.63 bits per heavy atom. The summed E-state index contributed by atoms with van der Waals surface area (Å²) < 4.78 is 0. The van der Waals surface area contributed by atoms with Crippen molar-refractivity contribution in [3.63, 3.8) is 0 Å². The molecule has 0 aliphatic carbocycles. The van der Waals surface area contributed by atoms with Crippen LogP contribution in [0.3, 0.4) is 0 Å². The Morgan fingerprint density at radius 1 is 1.37 bits per heavy atom. The third-order valence-corrected chi connectivity index (χ3v) is 3.02. The van der Waals surface area contributed by atoms with Crippen LogP contribution in [0.1, 0.15) is 31.7 Å². The lowest BCUT2D eigenvalue weighted by Gasteiger charge is -2.16. The van der Waals surface area contributed by atoms with Gasteiger partial charge in [-0.2, -0.15) is 0 Å². The highest BCUT2D eigenvalue weighted by Gasteiger charge is 2.16. The number of carbonyl (C=O) groups is 1. The highest BCUT2D eigenvalue weighted by Crippen LogP contribution is 2.04. The van der Waals surface area contributed by atoms with Gasteiger partial charge < -0.3 is 11.1 Å². The van der Waals surface area contributed by atoms with E-state index in [1.807, 2.05) is 37.3 Å². The molecule has 0 saturated heterocycles. The van der Waals surface area contributed by atoms with E-state index in [0.29, 0.717) is 6.42 Å². The number of carbonyl (C=O) groups excluding carboxylic acids is 1. The molecular formula is C16H22N2O. The van der Waals surface area contributed by atoms with Gasteiger partial charge in [0.1, 0.15) is 0 Å². The first-order valence-corrected chi connectivity index (χ1v) is 6.73. The molecule has 1 rings (SSSR count). The fourth-order valence-electron chi connectivity index (χ4n) is 1.86. The van der Waals surface area contributed by atoms with Crippen molar-refractivity contribution in [2.75, 3.05) is 0 Å². The molecule has 2 atom stereocenters. The zero-order valence-electron chi connectivity index (χ0n) is 11.4. The van der Waals surface area contributed by atoms with Crippen LogP contribution in [0.2, 0.25) is 0 Å². The first-order chi connectivity index (χ1) is 9.17. The molecule has 0 radical (unpaired) electrons. The molecule has 2 unspecified atom stereocenters. The van der Waals surface area contributed by atoms with Crippen molar-refractivity contribution in [1.29, 1.82) is 0 Å². The number of nitrogens with two attached hydrogens (primary N) is 1. The van der Waals surface area contributed by atoms with Crippen LogP contribution in [0.5, 0.6) is 0 Å². The van der Waals surface area contributed by atoms with Crippen LogP contribution in [-0.4, -0.2) is 18.0 Å². The fourth-order valence-corrected chi connectivity index (χ4v) is 1.86. The molecule has 0 heterocycles. The van der Waals surface area contributed by atoms with Gasteiger partial charge in [-0.25, -0.2) is 0 Å². The van der Waals surface area contributed by atoms with Crippen LogP contribution in [0.15, 0.2) is 30.3 Å². The molecule has 0 aromatic heterocycles. The Kier molecular flexibility index (Phi) is 6.70. The van der Waals surface area contributed by atoms with E-state index in [4.69, 9.17) is 12.2 Å². The smallest absolute Gasteiger partial charge is 0.237 e. The number of terminal acetylenes is 1. The molecule has 0 spiro atoms. The number of aryl methyl sites for hydroxylation is 1. The van der Waals surface area contributed by atoms with Crippen molar-refractivity contribution in [2.24, 2.45) is 5.73 Å². The normalized spacial score (nSPS) is 13.3. The third-order valence-electron chi connectivity index (χ3n) is 3.02. The second-order valence-corrected chi connectivity index (χ2v) is 4.65. The largest absolute Gasteiger partial charge is 0.341 e. The van der Waals surface area contributed by atoms with E-state index < -0.39 is 6.04 Å². The van der Waals surface area contributed by atoms with Gasteiger partial charge >= 0.3 is 0 Å². The van der Waals surface area contributed by atoms with Gasteiger partial charge in [-0.3, -0.25) is 4.79 Å². The number of amides is 1. The summed E-state index contributed by atoms with van der Waals surface area (Å²) in [5.41, 5.74) is 7.07. The predicted molar refractivity (Wildman–Crippen MR) is 78.4 cm³/mol. The zero-order valence-corrected chi connectivity index (χ0v) is 11.4. The molecule has 1 aromatic rings. The van der Waals surface area contributed by atoms with Gasteiger partial charge in [0, 0.05) is 0 Å². The molecule has 0 aliphatic heterocycles. The number of nitrogens with one attached hydrogen (secondary N) is 1. The maximum atomic E-state index is 11.9. The average molecular weight is 258 g/mol. The van der Waals surface area contributed by atoms with Gasteiger partial charge in [-0.05, 0) is 24.8 Å². The van der Waals surface area contributed by atoms with Crippen LogP contribution in [-0.2, 0) is 11.2 Å². The maximum absolute atomic E-state index is 11.9. The van der Waals surface area contributed by atoms with E-state index >= 15 is 0 Å². The van der Waals surface area contributed by atoms with Crippen LogP contribution in [0.4, 0.5) is 0 Å². The first kappa shape index (κ1) is 15.3. The number of hydrogen-bond donors (Lipinski definition) is 2. The summed E-state index contributed by atoms with van der Waals surface area (Å²) in [5.74, 6) is 2.42. The van der Waals surface area contributed by atoms with Crippen LogP contribution in [0.25, 0.3) is 0 Å². The minimum absolute atomic E-state index is 0.160. The summed E-state index contributed by atoms with van der Waals surface area (Å²) in [6.45, 7) is 2.03. The van der Waals surface area contributed by atoms with Crippen molar-refractivity contribution in [2.45, 2.75) is 44.7 Å².